The van der Waals surface area contributed by atoms with Crippen LogP contribution in [0.2, 0.25) is 0 Å². The second-order valence-electron chi connectivity index (χ2n) is 6.96. The number of nitrogens with one attached hydrogen (secondary N) is 1. The third kappa shape index (κ3) is 4.80. The smallest absolute Gasteiger partial charge is 0.338 e. The molecule has 9 nitrogen and oxygen atoms in total. The lowest BCUT2D eigenvalue weighted by Gasteiger charge is -2.08. The fourth-order valence-corrected chi connectivity index (χ4v) is 3.89. The van der Waals surface area contributed by atoms with Gasteiger partial charge in [-0.2, -0.15) is 0 Å². The van der Waals surface area contributed by atoms with E-state index in [2.05, 4.69) is 20.5 Å². The van der Waals surface area contributed by atoms with Crippen molar-refractivity contribution >= 4 is 40.4 Å². The van der Waals surface area contributed by atoms with Crippen LogP contribution in [0.4, 0.5) is 5.69 Å². The van der Waals surface area contributed by atoms with Gasteiger partial charge in [-0.05, 0) is 37.3 Å². The lowest BCUT2D eigenvalue weighted by molar-refractivity contribution is -0.113. The molecular formula is C22H22N6O3S. The molecule has 0 aliphatic rings. The number of fused-ring (bicyclic) bond motifs is 1. The molecule has 0 spiro atoms. The average Bonchev–Trinajstić information content (AvgIpc) is 3.36. The molecule has 4 aromatic rings. The van der Waals surface area contributed by atoms with Gasteiger partial charge in [0.25, 0.3) is 0 Å². The third-order valence-electron chi connectivity index (χ3n) is 4.75. The van der Waals surface area contributed by atoms with Gasteiger partial charge in [0.05, 0.1) is 41.8 Å². The van der Waals surface area contributed by atoms with E-state index in [0.29, 0.717) is 29.6 Å². The van der Waals surface area contributed by atoms with Crippen molar-refractivity contribution in [1.29, 1.82) is 0 Å². The molecule has 10 heteroatoms. The number of hydrogen-bond acceptors (Lipinski definition) is 7. The van der Waals surface area contributed by atoms with Crippen LogP contribution < -0.4 is 5.32 Å². The van der Waals surface area contributed by atoms with Crippen LogP contribution in [-0.2, 0) is 23.1 Å². The number of para-hydroxylation sites is 2. The minimum Gasteiger partial charge on any atom is -0.462 e. The number of hydrogen-bond donors (Lipinski definition) is 1. The molecule has 1 N–H and O–H groups in total. The number of anilines is 1. The van der Waals surface area contributed by atoms with Crippen molar-refractivity contribution in [2.24, 2.45) is 7.05 Å². The summed E-state index contributed by atoms with van der Waals surface area (Å²) >= 11 is 1.29. The zero-order valence-electron chi connectivity index (χ0n) is 17.7. The standard InChI is InChI=1S/C22H22N6O3S/c1-3-31-21(30)15-7-6-8-16(11-15)24-20(29)13-32-22-26-25-19(27(22)2)12-28-14-23-17-9-4-5-10-18(17)28/h4-11,14H,3,12-13H2,1-2H3,(H,24,29). The number of rotatable bonds is 8. The molecule has 0 aliphatic carbocycles. The Morgan fingerprint density at radius 1 is 1.12 bits per heavy atom. The van der Waals surface area contributed by atoms with Crippen LogP contribution in [0.5, 0.6) is 0 Å². The molecule has 2 aromatic carbocycles. The summed E-state index contributed by atoms with van der Waals surface area (Å²) < 4.78 is 8.87. The fourth-order valence-electron chi connectivity index (χ4n) is 3.16. The maximum Gasteiger partial charge on any atom is 0.338 e. The van der Waals surface area contributed by atoms with E-state index < -0.39 is 5.97 Å². The van der Waals surface area contributed by atoms with Gasteiger partial charge in [-0.25, -0.2) is 9.78 Å². The van der Waals surface area contributed by atoms with Gasteiger partial charge in [0.2, 0.25) is 5.91 Å². The first-order valence-electron chi connectivity index (χ1n) is 10.0. The predicted octanol–water partition coefficient (Wildman–Crippen LogP) is 3.12. The molecule has 0 aliphatic heterocycles. The summed E-state index contributed by atoms with van der Waals surface area (Å²) in [5.74, 6) is 0.290. The Hall–Kier alpha value is -3.66. The van der Waals surface area contributed by atoms with Crippen molar-refractivity contribution in [2.75, 3.05) is 17.7 Å². The molecule has 0 saturated carbocycles. The molecule has 2 heterocycles. The molecule has 164 valence electrons. The van der Waals surface area contributed by atoms with Crippen LogP contribution in [0, 0.1) is 0 Å². The zero-order chi connectivity index (χ0) is 22.5. The van der Waals surface area contributed by atoms with Crippen molar-refractivity contribution in [3.63, 3.8) is 0 Å². The van der Waals surface area contributed by atoms with E-state index in [1.165, 1.54) is 11.8 Å². The van der Waals surface area contributed by atoms with E-state index in [4.69, 9.17) is 4.74 Å². The molecule has 0 unspecified atom stereocenters. The summed E-state index contributed by atoms with van der Waals surface area (Å²) in [5, 5.41) is 11.9. The topological polar surface area (TPSA) is 104 Å². The van der Waals surface area contributed by atoms with Gasteiger partial charge < -0.3 is 19.2 Å². The van der Waals surface area contributed by atoms with E-state index in [1.54, 1.807) is 37.5 Å². The first-order valence-corrected chi connectivity index (χ1v) is 11.0. The van der Waals surface area contributed by atoms with Crippen LogP contribution >= 0.6 is 11.8 Å². The highest BCUT2D eigenvalue weighted by molar-refractivity contribution is 7.99. The van der Waals surface area contributed by atoms with E-state index in [9.17, 15) is 9.59 Å². The second-order valence-corrected chi connectivity index (χ2v) is 7.90. The highest BCUT2D eigenvalue weighted by atomic mass is 32.2. The Morgan fingerprint density at radius 3 is 2.81 bits per heavy atom. The first kappa shape index (κ1) is 21.6. The van der Waals surface area contributed by atoms with Crippen molar-refractivity contribution in [2.45, 2.75) is 18.6 Å². The summed E-state index contributed by atoms with van der Waals surface area (Å²) in [6.07, 6.45) is 1.78. The second kappa shape index (κ2) is 9.65. The summed E-state index contributed by atoms with van der Waals surface area (Å²) in [6, 6.07) is 14.6. The molecule has 32 heavy (non-hydrogen) atoms. The summed E-state index contributed by atoms with van der Waals surface area (Å²) in [5.41, 5.74) is 2.87. The number of amides is 1. The molecule has 0 fully saturated rings. The summed E-state index contributed by atoms with van der Waals surface area (Å²) in [6.45, 7) is 2.57. The highest BCUT2D eigenvalue weighted by Gasteiger charge is 2.14. The summed E-state index contributed by atoms with van der Waals surface area (Å²) in [4.78, 5) is 28.6. The Morgan fingerprint density at radius 2 is 1.97 bits per heavy atom. The van der Waals surface area contributed by atoms with Crippen LogP contribution in [-0.4, -0.2) is 48.6 Å². The number of aromatic nitrogens is 5. The molecule has 0 atom stereocenters. The quantitative estimate of drug-likeness (QED) is 0.325. The van der Waals surface area contributed by atoms with E-state index in [0.717, 1.165) is 16.9 Å². The normalized spacial score (nSPS) is 10.9. The first-order chi connectivity index (χ1) is 15.5. The fraction of sp³-hybridized carbons (Fsp3) is 0.227. The van der Waals surface area contributed by atoms with Crippen molar-refractivity contribution in [1.82, 2.24) is 24.3 Å². The highest BCUT2D eigenvalue weighted by Crippen LogP contribution is 2.19. The molecule has 0 bridgehead atoms. The zero-order valence-corrected chi connectivity index (χ0v) is 18.5. The van der Waals surface area contributed by atoms with Gasteiger partial charge in [0, 0.05) is 12.7 Å². The number of benzene rings is 2. The van der Waals surface area contributed by atoms with Crippen molar-refractivity contribution in [3.05, 3.63) is 66.2 Å². The maximum absolute atomic E-state index is 12.4. The van der Waals surface area contributed by atoms with Crippen LogP contribution in [0.25, 0.3) is 11.0 Å². The number of carbonyl (C=O) groups is 2. The minimum absolute atomic E-state index is 0.156. The SMILES string of the molecule is CCOC(=O)c1cccc(NC(=O)CSc2nnc(Cn3cnc4ccccc43)n2C)c1. The number of nitrogens with zero attached hydrogens (tertiary/aromatic N) is 5. The molecule has 0 radical (unpaired) electrons. The lowest BCUT2D eigenvalue weighted by Crippen LogP contribution is -2.15. The number of imidazole rings is 1. The molecule has 0 saturated heterocycles. The summed E-state index contributed by atoms with van der Waals surface area (Å²) in [7, 11) is 1.87. The number of thioether (sulfide) groups is 1. The Labute approximate surface area is 188 Å². The average molecular weight is 451 g/mol. The van der Waals surface area contributed by atoms with Crippen molar-refractivity contribution < 1.29 is 14.3 Å². The largest absolute Gasteiger partial charge is 0.462 e. The lowest BCUT2D eigenvalue weighted by atomic mass is 10.2. The van der Waals surface area contributed by atoms with Gasteiger partial charge >= 0.3 is 5.97 Å². The van der Waals surface area contributed by atoms with E-state index >= 15 is 0 Å². The molecule has 4 rings (SSSR count). The molecule has 1 amide bonds. The van der Waals surface area contributed by atoms with Gasteiger partial charge in [-0.15, -0.1) is 10.2 Å². The van der Waals surface area contributed by atoms with E-state index in [-0.39, 0.29) is 11.7 Å². The van der Waals surface area contributed by atoms with E-state index in [1.807, 2.05) is 40.4 Å². The number of carbonyl (C=O) groups excluding carboxylic acids is 2. The van der Waals surface area contributed by atoms with Crippen LogP contribution in [0.15, 0.2) is 60.0 Å². The van der Waals surface area contributed by atoms with Gasteiger partial charge in [0.1, 0.15) is 0 Å². The van der Waals surface area contributed by atoms with Gasteiger partial charge in [-0.1, -0.05) is 30.0 Å². The van der Waals surface area contributed by atoms with Gasteiger partial charge in [0.15, 0.2) is 11.0 Å². The Kier molecular flexibility index (Phi) is 6.50. The number of esters is 1. The van der Waals surface area contributed by atoms with Gasteiger partial charge in [-0.3, -0.25) is 4.79 Å². The molecular weight excluding hydrogens is 428 g/mol. The monoisotopic (exact) mass is 450 g/mol. The Bertz CT molecular complexity index is 1270. The van der Waals surface area contributed by atoms with Crippen LogP contribution in [0.1, 0.15) is 23.1 Å². The Balaban J connectivity index is 1.36. The number of ether oxygens (including phenoxy) is 1. The molecule has 2 aromatic heterocycles. The third-order valence-corrected chi connectivity index (χ3v) is 5.77. The predicted molar refractivity (Wildman–Crippen MR) is 122 cm³/mol. The van der Waals surface area contributed by atoms with Crippen LogP contribution in [0.3, 0.4) is 0 Å². The van der Waals surface area contributed by atoms with Crippen molar-refractivity contribution in [3.8, 4) is 0 Å². The minimum atomic E-state index is -0.421. The maximum atomic E-state index is 12.4.